The molecule has 386 valence electrons. The van der Waals surface area contributed by atoms with E-state index in [4.69, 9.17) is 0 Å². The number of allylic oxidation sites excluding steroid dienone is 2. The van der Waals surface area contributed by atoms with Crippen LogP contribution in [-0.2, 0) is 29.3 Å². The summed E-state index contributed by atoms with van der Waals surface area (Å²) in [7, 11) is 0. The maximum Gasteiger partial charge on any atom is 2.00 e. The fourth-order valence-corrected chi connectivity index (χ4v) is 9.39. The zero-order chi connectivity index (χ0) is 48.1. The van der Waals surface area contributed by atoms with Crippen molar-refractivity contribution in [3.05, 3.63) is 101 Å². The van der Waals surface area contributed by atoms with E-state index < -0.39 is 0 Å². The van der Waals surface area contributed by atoms with Gasteiger partial charge in [0.2, 0.25) is 11.4 Å². The summed E-state index contributed by atoms with van der Waals surface area (Å²) >= 11 is 0. The van der Waals surface area contributed by atoms with Crippen LogP contribution in [0.3, 0.4) is 0 Å². The molecule has 0 bridgehead atoms. The molecule has 3 heteroatoms. The largest absolute Gasteiger partial charge is 2.00 e. The molecular weight excluding hydrogens is 855 g/mol. The monoisotopic (exact) mass is 965 g/mol. The predicted molar refractivity (Wildman–Crippen MR) is 298 cm³/mol. The Kier molecular flexibility index (Phi) is 46.3. The molecule has 0 fully saturated rings. The van der Waals surface area contributed by atoms with Gasteiger partial charge in [0.15, 0.2) is 0 Å². The molecule has 0 aromatic heterocycles. The van der Waals surface area contributed by atoms with Gasteiger partial charge >= 0.3 is 16.5 Å². The molecule has 0 spiro atoms. The summed E-state index contributed by atoms with van der Waals surface area (Å²) in [5.41, 5.74) is 21.5. The summed E-state index contributed by atoms with van der Waals surface area (Å²) in [5.74, 6) is 0. The molecule has 0 saturated carbocycles. The van der Waals surface area contributed by atoms with Crippen molar-refractivity contribution in [1.82, 2.24) is 0 Å². The third-order valence-electron chi connectivity index (χ3n) is 13.7. The number of benzene rings is 2. The molecule has 2 aromatic carbocycles. The number of aryl methyl sites for hydroxylation is 2. The first-order chi connectivity index (χ1) is 32.5. The van der Waals surface area contributed by atoms with Crippen LogP contribution >= 0.6 is 0 Å². The summed E-state index contributed by atoms with van der Waals surface area (Å²) in [5, 5.41) is 0. The van der Waals surface area contributed by atoms with E-state index in [-0.39, 0.29) is 16.5 Å². The summed E-state index contributed by atoms with van der Waals surface area (Å²) in [6.07, 6.45) is 53.1. The van der Waals surface area contributed by atoms with Crippen molar-refractivity contribution in [1.29, 1.82) is 0 Å². The molecule has 0 aliphatic carbocycles. The Hall–Kier alpha value is -1.99. The average Bonchev–Trinajstić information content (AvgIpc) is 3.61. The van der Waals surface area contributed by atoms with Gasteiger partial charge in [-0.15, -0.1) is 0 Å². The van der Waals surface area contributed by atoms with Crippen molar-refractivity contribution < 1.29 is 21.2 Å². The molecule has 0 amide bonds. The summed E-state index contributed by atoms with van der Waals surface area (Å²) in [6, 6.07) is 17.9. The van der Waals surface area contributed by atoms with Gasteiger partial charge in [0, 0.05) is 22.3 Å². The van der Waals surface area contributed by atoms with Gasteiger partial charge in [-0.25, -0.2) is 4.70 Å². The molecule has 1 aliphatic rings. The summed E-state index contributed by atoms with van der Waals surface area (Å²) < 4.78 is 1.53. The normalized spacial score (nSPS) is 12.3. The number of nitrogens with zero attached hydrogens (tertiary/aromatic N) is 2. The van der Waals surface area contributed by atoms with Gasteiger partial charge in [0.1, 0.15) is 0 Å². The van der Waals surface area contributed by atoms with E-state index >= 15 is 0 Å². The van der Waals surface area contributed by atoms with Gasteiger partial charge in [0.25, 0.3) is 0 Å². The first-order valence-corrected chi connectivity index (χ1v) is 29.2. The zero-order valence-electron chi connectivity index (χ0n) is 45.5. The van der Waals surface area contributed by atoms with E-state index in [9.17, 15) is 5.53 Å². The zero-order valence-corrected chi connectivity index (χ0v) is 46.5. The predicted octanol–water partition coefficient (Wildman–Crippen LogP) is 22.5. The van der Waals surface area contributed by atoms with Crippen LogP contribution in [0.5, 0.6) is 0 Å². The second-order valence-corrected chi connectivity index (χ2v) is 20.0. The fourth-order valence-electron chi connectivity index (χ4n) is 9.39. The number of hydrogen-bond donors (Lipinski definition) is 0. The van der Waals surface area contributed by atoms with Gasteiger partial charge in [0.05, 0.1) is 0 Å². The molecule has 2 aromatic rings. The Labute approximate surface area is 430 Å². The van der Waals surface area contributed by atoms with Crippen molar-refractivity contribution in [3.63, 3.8) is 0 Å². The number of hydrogen-bond acceptors (Lipinski definition) is 0. The third-order valence-corrected chi connectivity index (χ3v) is 13.7. The Morgan fingerprint density at radius 2 is 0.672 bits per heavy atom. The standard InChI is InChI=1S/C34H48N2.2C15H31.Ni/c1-5-9-13-16-27-22-24-29(25-23-27)33-31(20-11-7-3)32(21-12-8-4)34(36(33)35)30-19-15-18-28(26-30)17-14-10-6-2;2*1-3-5-7-9-11-13-15-14-12-10-8-6-4-2;/h15,18-19,22-26H,5-14,16-17,20-21H2,1-4H3;2*1,3-15H2,2H3;/q;2*-1;+2. The van der Waals surface area contributed by atoms with E-state index in [2.05, 4.69) is 104 Å². The average molecular weight is 966 g/mol. The molecular formula is C64H110N2Ni. The van der Waals surface area contributed by atoms with Crippen LogP contribution in [-0.4, -0.2) is 4.70 Å². The number of rotatable bonds is 40. The SMILES string of the molecule is CCCCCc1ccc(C2=C(CCCC)C(CCCC)=C(c3cccc(CCCCC)c3)[N+]2=[N-])cc1.[CH2-]CCCCCCCCCCCCCC.[CH2-]CCCCCCCCCCCCCC.[Ni+2]. The van der Waals surface area contributed by atoms with Gasteiger partial charge in [-0.1, -0.05) is 258 Å². The van der Waals surface area contributed by atoms with Crippen LogP contribution in [0.2, 0.25) is 0 Å². The molecule has 3 rings (SSSR count). The topological polar surface area (TPSA) is 25.3 Å². The first kappa shape index (κ1) is 65.0. The van der Waals surface area contributed by atoms with Gasteiger partial charge in [-0.05, 0) is 86.8 Å². The smallest absolute Gasteiger partial charge is 0.493 e. The summed E-state index contributed by atoms with van der Waals surface area (Å²) in [6.45, 7) is 21.3. The van der Waals surface area contributed by atoms with E-state index in [1.54, 1.807) is 0 Å². The third kappa shape index (κ3) is 31.8. The van der Waals surface area contributed by atoms with Crippen molar-refractivity contribution in [3.8, 4) is 0 Å². The molecule has 0 unspecified atom stereocenters. The molecule has 2 nitrogen and oxygen atoms in total. The van der Waals surface area contributed by atoms with Crippen LogP contribution in [0.25, 0.3) is 16.9 Å². The Morgan fingerprint density at radius 1 is 0.343 bits per heavy atom. The Morgan fingerprint density at radius 3 is 1.04 bits per heavy atom. The minimum absolute atomic E-state index is 0. The van der Waals surface area contributed by atoms with Crippen LogP contribution < -0.4 is 0 Å². The molecule has 1 heterocycles. The van der Waals surface area contributed by atoms with Gasteiger partial charge in [-0.2, -0.15) is 12.8 Å². The second kappa shape index (κ2) is 47.7. The van der Waals surface area contributed by atoms with Gasteiger partial charge in [-0.3, -0.25) is 0 Å². The van der Waals surface area contributed by atoms with Crippen LogP contribution in [0.4, 0.5) is 0 Å². The van der Waals surface area contributed by atoms with E-state index in [1.807, 2.05) is 0 Å². The van der Waals surface area contributed by atoms with E-state index in [1.165, 1.54) is 220 Å². The van der Waals surface area contributed by atoms with Crippen molar-refractivity contribution in [2.24, 2.45) is 0 Å². The molecule has 0 saturated heterocycles. The minimum atomic E-state index is 0. The number of unbranched alkanes of at least 4 members (excludes halogenated alkanes) is 30. The summed E-state index contributed by atoms with van der Waals surface area (Å²) in [4.78, 5) is 0. The Balaban J connectivity index is 0.00000116. The van der Waals surface area contributed by atoms with Crippen molar-refractivity contribution >= 4 is 11.4 Å². The first-order valence-electron chi connectivity index (χ1n) is 29.2. The quantitative estimate of drug-likeness (QED) is 0.0275. The van der Waals surface area contributed by atoms with E-state index in [0.717, 1.165) is 86.7 Å². The van der Waals surface area contributed by atoms with Crippen LogP contribution in [0, 0.1) is 13.8 Å². The molecule has 0 atom stereocenters. The Bertz CT molecular complexity index is 1420. The van der Waals surface area contributed by atoms with Gasteiger partial charge < -0.3 is 19.4 Å². The molecule has 67 heavy (non-hydrogen) atoms. The minimum Gasteiger partial charge on any atom is -0.493 e. The van der Waals surface area contributed by atoms with Crippen molar-refractivity contribution in [2.75, 3.05) is 0 Å². The molecule has 0 N–H and O–H groups in total. The van der Waals surface area contributed by atoms with E-state index in [0.29, 0.717) is 0 Å². The van der Waals surface area contributed by atoms with Crippen molar-refractivity contribution in [2.45, 2.75) is 298 Å². The fraction of sp³-hybridized carbons (Fsp3) is 0.719. The van der Waals surface area contributed by atoms with Crippen LogP contribution in [0.1, 0.15) is 308 Å². The van der Waals surface area contributed by atoms with Crippen LogP contribution in [0.15, 0.2) is 59.7 Å². The molecule has 1 aliphatic heterocycles. The maximum absolute atomic E-state index is 11.8. The molecule has 0 radical (unpaired) electrons. The maximum atomic E-state index is 11.8. The second-order valence-electron chi connectivity index (χ2n) is 20.0.